The topological polar surface area (TPSA) is 58.9 Å². The highest BCUT2D eigenvalue weighted by atomic mass is 16.5. The molecule has 0 aliphatic heterocycles. The Labute approximate surface area is 124 Å². The highest BCUT2D eigenvalue weighted by Gasteiger charge is 2.14. The zero-order chi connectivity index (χ0) is 15.6. The number of hydrogen-bond donors (Lipinski definition) is 2. The van der Waals surface area contributed by atoms with E-state index < -0.39 is 0 Å². The maximum atomic E-state index is 10.2. The lowest BCUT2D eigenvalue weighted by atomic mass is 9.95. The van der Waals surface area contributed by atoms with E-state index in [4.69, 9.17) is 9.47 Å². The van der Waals surface area contributed by atoms with Gasteiger partial charge in [-0.25, -0.2) is 0 Å². The summed E-state index contributed by atoms with van der Waals surface area (Å²) in [6, 6.07) is 6.76. The van der Waals surface area contributed by atoms with Crippen LogP contribution in [0.25, 0.3) is 0 Å². The normalized spacial score (nSPS) is 10.5. The highest BCUT2D eigenvalue weighted by molar-refractivity contribution is 5.52. The summed E-state index contributed by atoms with van der Waals surface area (Å²) in [5.41, 5.74) is 3.63. The van der Waals surface area contributed by atoms with Gasteiger partial charge in [0.2, 0.25) is 0 Å². The van der Waals surface area contributed by atoms with Crippen molar-refractivity contribution in [2.45, 2.75) is 20.3 Å². The number of ether oxygens (including phenoxy) is 2. The Morgan fingerprint density at radius 3 is 2.10 bits per heavy atom. The van der Waals surface area contributed by atoms with E-state index in [1.165, 1.54) is 0 Å². The fourth-order valence-corrected chi connectivity index (χ4v) is 2.47. The van der Waals surface area contributed by atoms with Crippen molar-refractivity contribution < 1.29 is 19.7 Å². The van der Waals surface area contributed by atoms with E-state index in [-0.39, 0.29) is 11.5 Å². The van der Waals surface area contributed by atoms with E-state index in [1.807, 2.05) is 19.9 Å². The molecule has 2 rings (SSSR count). The van der Waals surface area contributed by atoms with Crippen LogP contribution in [0, 0.1) is 13.8 Å². The molecule has 21 heavy (non-hydrogen) atoms. The van der Waals surface area contributed by atoms with Crippen molar-refractivity contribution in [3.63, 3.8) is 0 Å². The highest BCUT2D eigenvalue weighted by Crippen LogP contribution is 2.34. The Bertz CT molecular complexity index is 639. The molecule has 0 heterocycles. The summed E-state index contributed by atoms with van der Waals surface area (Å²) >= 11 is 0. The number of hydrogen-bond acceptors (Lipinski definition) is 4. The predicted octanol–water partition coefficient (Wildman–Crippen LogP) is 3.32. The molecule has 0 aliphatic carbocycles. The Hall–Kier alpha value is -2.36. The minimum atomic E-state index is 0.170. The van der Waals surface area contributed by atoms with Crippen LogP contribution in [0.5, 0.6) is 23.0 Å². The van der Waals surface area contributed by atoms with E-state index in [0.717, 1.165) is 22.3 Å². The number of rotatable bonds is 4. The molecule has 0 fully saturated rings. The van der Waals surface area contributed by atoms with Gasteiger partial charge in [0.05, 0.1) is 14.2 Å². The first-order valence-electron chi connectivity index (χ1n) is 6.69. The van der Waals surface area contributed by atoms with Crippen LogP contribution in [0.4, 0.5) is 0 Å². The van der Waals surface area contributed by atoms with Crippen molar-refractivity contribution in [2.24, 2.45) is 0 Å². The monoisotopic (exact) mass is 288 g/mol. The molecular formula is C17H20O4. The van der Waals surface area contributed by atoms with Crippen LogP contribution in [0.3, 0.4) is 0 Å². The fraction of sp³-hybridized carbons (Fsp3) is 0.294. The molecule has 0 aliphatic rings. The first-order chi connectivity index (χ1) is 9.96. The second kappa shape index (κ2) is 5.95. The SMILES string of the molecule is COc1cc(C)c(Cc2c(C)cc(O)cc2OC)c(O)c1. The third-order valence-electron chi connectivity index (χ3n) is 3.65. The van der Waals surface area contributed by atoms with Crippen molar-refractivity contribution in [1.29, 1.82) is 0 Å². The van der Waals surface area contributed by atoms with E-state index in [1.54, 1.807) is 32.4 Å². The average molecular weight is 288 g/mol. The summed E-state index contributed by atoms with van der Waals surface area (Å²) in [5, 5.41) is 19.9. The third-order valence-corrected chi connectivity index (χ3v) is 3.65. The molecule has 2 N–H and O–H groups in total. The molecule has 112 valence electrons. The van der Waals surface area contributed by atoms with E-state index in [9.17, 15) is 10.2 Å². The molecule has 4 heteroatoms. The molecule has 0 saturated heterocycles. The van der Waals surface area contributed by atoms with Crippen LogP contribution in [0.15, 0.2) is 24.3 Å². The molecule has 0 unspecified atom stereocenters. The lowest BCUT2D eigenvalue weighted by Gasteiger charge is -2.15. The third kappa shape index (κ3) is 3.05. The van der Waals surface area contributed by atoms with Gasteiger partial charge in [-0.15, -0.1) is 0 Å². The van der Waals surface area contributed by atoms with Gasteiger partial charge in [0, 0.05) is 29.7 Å². The van der Waals surface area contributed by atoms with Gasteiger partial charge in [0.25, 0.3) is 0 Å². The van der Waals surface area contributed by atoms with Gasteiger partial charge in [-0.2, -0.15) is 0 Å². The molecule has 0 bridgehead atoms. The van der Waals surface area contributed by atoms with Gasteiger partial charge in [0.15, 0.2) is 0 Å². The summed E-state index contributed by atoms with van der Waals surface area (Å²) in [6.07, 6.45) is 0.525. The van der Waals surface area contributed by atoms with Gasteiger partial charge in [0.1, 0.15) is 23.0 Å². The minimum Gasteiger partial charge on any atom is -0.508 e. The Balaban J connectivity index is 2.48. The molecular weight excluding hydrogens is 268 g/mol. The number of phenols is 2. The minimum absolute atomic E-state index is 0.170. The molecule has 0 radical (unpaired) electrons. The Morgan fingerprint density at radius 2 is 1.52 bits per heavy atom. The first kappa shape index (κ1) is 15.0. The number of methoxy groups -OCH3 is 2. The molecule has 0 saturated carbocycles. The quantitative estimate of drug-likeness (QED) is 0.906. The summed E-state index contributed by atoms with van der Waals surface area (Å²) in [6.45, 7) is 3.84. The molecule has 0 amide bonds. The van der Waals surface area contributed by atoms with Gasteiger partial charge in [-0.05, 0) is 37.1 Å². The van der Waals surface area contributed by atoms with Crippen molar-refractivity contribution in [3.8, 4) is 23.0 Å². The van der Waals surface area contributed by atoms with Crippen LogP contribution in [-0.2, 0) is 6.42 Å². The fourth-order valence-electron chi connectivity index (χ4n) is 2.47. The molecule has 0 aromatic heterocycles. The van der Waals surface area contributed by atoms with E-state index >= 15 is 0 Å². The van der Waals surface area contributed by atoms with Crippen LogP contribution in [0.1, 0.15) is 22.3 Å². The van der Waals surface area contributed by atoms with Crippen LogP contribution < -0.4 is 9.47 Å². The molecule has 2 aromatic rings. The van der Waals surface area contributed by atoms with Crippen molar-refractivity contribution in [1.82, 2.24) is 0 Å². The van der Waals surface area contributed by atoms with E-state index in [2.05, 4.69) is 0 Å². The standard InChI is InChI=1S/C17H20O4/c1-10-5-12(18)7-17(21-4)15(10)9-14-11(2)6-13(20-3)8-16(14)19/h5-8,18-19H,9H2,1-4H3. The zero-order valence-corrected chi connectivity index (χ0v) is 12.7. The van der Waals surface area contributed by atoms with Crippen molar-refractivity contribution >= 4 is 0 Å². The summed E-state index contributed by atoms with van der Waals surface area (Å²) in [5.74, 6) is 1.61. The summed E-state index contributed by atoms with van der Waals surface area (Å²) in [4.78, 5) is 0. The molecule has 2 aromatic carbocycles. The predicted molar refractivity (Wildman–Crippen MR) is 81.6 cm³/mol. The second-order valence-corrected chi connectivity index (χ2v) is 5.06. The van der Waals surface area contributed by atoms with Crippen LogP contribution in [0.2, 0.25) is 0 Å². The molecule has 0 spiro atoms. The van der Waals surface area contributed by atoms with Gasteiger partial charge in [-0.3, -0.25) is 0 Å². The maximum Gasteiger partial charge on any atom is 0.126 e. The number of phenolic OH excluding ortho intramolecular Hbond substituents is 2. The number of aromatic hydroxyl groups is 2. The lowest BCUT2D eigenvalue weighted by Crippen LogP contribution is -2.00. The Kier molecular flexibility index (Phi) is 4.26. The van der Waals surface area contributed by atoms with Crippen molar-refractivity contribution in [2.75, 3.05) is 14.2 Å². The molecule has 0 atom stereocenters. The van der Waals surface area contributed by atoms with Gasteiger partial charge >= 0.3 is 0 Å². The Morgan fingerprint density at radius 1 is 0.857 bits per heavy atom. The van der Waals surface area contributed by atoms with Crippen LogP contribution >= 0.6 is 0 Å². The smallest absolute Gasteiger partial charge is 0.126 e. The maximum absolute atomic E-state index is 10.2. The second-order valence-electron chi connectivity index (χ2n) is 5.06. The average Bonchev–Trinajstić information content (AvgIpc) is 2.43. The summed E-state index contributed by atoms with van der Waals surface area (Å²) < 4.78 is 10.5. The molecule has 4 nitrogen and oxygen atoms in total. The number of aryl methyl sites for hydroxylation is 2. The first-order valence-corrected chi connectivity index (χ1v) is 6.69. The van der Waals surface area contributed by atoms with E-state index in [0.29, 0.717) is 17.9 Å². The van der Waals surface area contributed by atoms with Crippen molar-refractivity contribution in [3.05, 3.63) is 46.5 Å². The van der Waals surface area contributed by atoms with Gasteiger partial charge < -0.3 is 19.7 Å². The summed E-state index contributed by atoms with van der Waals surface area (Å²) in [7, 11) is 3.14. The lowest BCUT2D eigenvalue weighted by molar-refractivity contribution is 0.401. The van der Waals surface area contributed by atoms with Crippen LogP contribution in [-0.4, -0.2) is 24.4 Å². The largest absolute Gasteiger partial charge is 0.508 e. The zero-order valence-electron chi connectivity index (χ0n) is 12.7. The van der Waals surface area contributed by atoms with Gasteiger partial charge in [-0.1, -0.05) is 0 Å². The number of benzene rings is 2.